The molecule has 0 aliphatic carbocycles. The largest absolute Gasteiger partial charge is 0.438 e. The Morgan fingerprint density at radius 1 is 1.14 bits per heavy atom. The molecule has 9 nitrogen and oxygen atoms in total. The van der Waals surface area contributed by atoms with Gasteiger partial charge in [0.2, 0.25) is 17.7 Å². The number of hydrogen-bond acceptors (Lipinski definition) is 6. The SMILES string of the molecule is CCC(=O)CCCCC[C@H](NC(=O)C1CN(C(C)=O)C1)c1ncc(-c2ccc(-n3cccn3)cc2)o1. The fraction of sp³-hybridized carbons (Fsp3) is 0.444. The van der Waals surface area contributed by atoms with Crippen molar-refractivity contribution in [1.29, 1.82) is 0 Å². The average Bonchev–Trinajstić information content (AvgIpc) is 3.54. The number of hydrogen-bond donors (Lipinski definition) is 1. The van der Waals surface area contributed by atoms with Crippen LogP contribution in [-0.4, -0.2) is 50.4 Å². The van der Waals surface area contributed by atoms with Gasteiger partial charge in [-0.1, -0.05) is 19.8 Å². The van der Waals surface area contributed by atoms with Crippen LogP contribution in [0.2, 0.25) is 0 Å². The third kappa shape index (κ3) is 6.27. The van der Waals surface area contributed by atoms with E-state index in [1.807, 2.05) is 43.5 Å². The van der Waals surface area contributed by atoms with Crippen LogP contribution in [0.3, 0.4) is 0 Å². The normalized spacial score (nSPS) is 14.3. The number of likely N-dealkylation sites (tertiary alicyclic amines) is 1. The summed E-state index contributed by atoms with van der Waals surface area (Å²) < 4.78 is 7.88. The van der Waals surface area contributed by atoms with Gasteiger partial charge < -0.3 is 14.6 Å². The Bertz CT molecular complexity index is 1160. The highest BCUT2D eigenvalue weighted by atomic mass is 16.4. The van der Waals surface area contributed by atoms with E-state index >= 15 is 0 Å². The van der Waals surface area contributed by atoms with Gasteiger partial charge in [0.05, 0.1) is 17.8 Å². The summed E-state index contributed by atoms with van der Waals surface area (Å²) >= 11 is 0. The van der Waals surface area contributed by atoms with E-state index in [2.05, 4.69) is 15.4 Å². The molecule has 0 saturated carbocycles. The molecular formula is C27H33N5O4. The minimum atomic E-state index is -0.372. The molecule has 0 radical (unpaired) electrons. The van der Waals surface area contributed by atoms with Crippen LogP contribution >= 0.6 is 0 Å². The second-order valence-electron chi connectivity index (χ2n) is 9.23. The lowest BCUT2D eigenvalue weighted by Gasteiger charge is -2.38. The maximum absolute atomic E-state index is 12.8. The summed E-state index contributed by atoms with van der Waals surface area (Å²) in [5.74, 6) is 1.02. The summed E-state index contributed by atoms with van der Waals surface area (Å²) in [4.78, 5) is 42.0. The Balaban J connectivity index is 1.41. The highest BCUT2D eigenvalue weighted by molar-refractivity contribution is 5.83. The van der Waals surface area contributed by atoms with Gasteiger partial charge in [-0.3, -0.25) is 14.4 Å². The molecule has 36 heavy (non-hydrogen) atoms. The van der Waals surface area contributed by atoms with E-state index in [4.69, 9.17) is 4.42 Å². The van der Waals surface area contributed by atoms with Crippen LogP contribution < -0.4 is 5.32 Å². The molecule has 1 N–H and O–H groups in total. The third-order valence-corrected chi connectivity index (χ3v) is 6.60. The van der Waals surface area contributed by atoms with E-state index in [0.29, 0.717) is 44.0 Å². The molecule has 1 saturated heterocycles. The average molecular weight is 492 g/mol. The van der Waals surface area contributed by atoms with Crippen LogP contribution in [0.5, 0.6) is 0 Å². The highest BCUT2D eigenvalue weighted by Gasteiger charge is 2.35. The Morgan fingerprint density at radius 2 is 1.92 bits per heavy atom. The Hall–Kier alpha value is -3.75. The molecule has 1 aromatic carbocycles. The maximum atomic E-state index is 12.8. The first kappa shape index (κ1) is 25.3. The first-order valence-electron chi connectivity index (χ1n) is 12.6. The first-order chi connectivity index (χ1) is 17.4. The molecule has 4 rings (SSSR count). The van der Waals surface area contributed by atoms with Crippen molar-refractivity contribution >= 4 is 17.6 Å². The van der Waals surface area contributed by atoms with Gasteiger partial charge in [-0.15, -0.1) is 0 Å². The van der Waals surface area contributed by atoms with Crippen LogP contribution in [0.25, 0.3) is 17.0 Å². The lowest BCUT2D eigenvalue weighted by molar-refractivity contribution is -0.141. The standard InChI is InChI=1S/C27H33N5O4/c1-3-23(34)8-5-4-6-9-24(30-26(35)21-17-31(18-21)19(2)33)27-28-16-25(36-27)20-10-12-22(13-11-20)32-15-7-14-29-32/h7,10-16,21,24H,3-6,8-9,17-18H2,1-2H3,(H,30,35)/t24-/m0/s1. The number of amides is 2. The van der Waals surface area contributed by atoms with Crippen molar-refractivity contribution in [2.45, 2.75) is 58.4 Å². The molecule has 1 atom stereocenters. The van der Waals surface area contributed by atoms with Gasteiger partial charge in [-0.05, 0) is 43.2 Å². The van der Waals surface area contributed by atoms with Gasteiger partial charge in [-0.25, -0.2) is 9.67 Å². The predicted molar refractivity (Wildman–Crippen MR) is 134 cm³/mol. The fourth-order valence-corrected chi connectivity index (χ4v) is 4.25. The summed E-state index contributed by atoms with van der Waals surface area (Å²) in [7, 11) is 0. The van der Waals surface area contributed by atoms with Crippen molar-refractivity contribution in [1.82, 2.24) is 25.0 Å². The minimum Gasteiger partial charge on any atom is -0.438 e. The summed E-state index contributed by atoms with van der Waals surface area (Å²) in [6.07, 6.45) is 9.67. The van der Waals surface area contributed by atoms with Crippen LogP contribution in [-0.2, 0) is 14.4 Å². The number of Topliss-reactive ketones (excluding diaryl/α,β-unsaturated/α-hetero) is 1. The fourth-order valence-electron chi connectivity index (χ4n) is 4.25. The van der Waals surface area contributed by atoms with E-state index in [1.54, 1.807) is 22.0 Å². The number of aromatic nitrogens is 3. The summed E-state index contributed by atoms with van der Waals surface area (Å²) in [6.45, 7) is 4.27. The molecule has 1 fully saturated rings. The molecule has 0 bridgehead atoms. The molecule has 1 aliphatic rings. The number of nitrogens with one attached hydrogen (secondary N) is 1. The summed E-state index contributed by atoms with van der Waals surface area (Å²) in [5, 5.41) is 7.33. The van der Waals surface area contributed by atoms with Gasteiger partial charge in [0.1, 0.15) is 11.8 Å². The molecule has 0 unspecified atom stereocenters. The first-order valence-corrected chi connectivity index (χ1v) is 12.6. The van der Waals surface area contributed by atoms with Crippen molar-refractivity contribution in [3.8, 4) is 17.0 Å². The van der Waals surface area contributed by atoms with Crippen LogP contribution in [0, 0.1) is 5.92 Å². The molecular weight excluding hydrogens is 458 g/mol. The summed E-state index contributed by atoms with van der Waals surface area (Å²) in [5.41, 5.74) is 1.82. The Kier molecular flexibility index (Phi) is 8.30. The van der Waals surface area contributed by atoms with Crippen LogP contribution in [0.15, 0.2) is 53.3 Å². The van der Waals surface area contributed by atoms with E-state index in [-0.39, 0.29) is 29.6 Å². The number of oxazole rings is 1. The second kappa shape index (κ2) is 11.8. The molecule has 3 aromatic rings. The zero-order chi connectivity index (χ0) is 25.5. The van der Waals surface area contributed by atoms with Gasteiger partial charge in [0.15, 0.2) is 5.76 Å². The lowest BCUT2D eigenvalue weighted by atomic mass is 9.98. The quantitative estimate of drug-likeness (QED) is 0.382. The molecule has 3 heterocycles. The molecule has 2 amide bonds. The van der Waals surface area contributed by atoms with E-state index in [0.717, 1.165) is 30.5 Å². The summed E-state index contributed by atoms with van der Waals surface area (Å²) in [6, 6.07) is 9.31. The molecule has 190 valence electrons. The van der Waals surface area contributed by atoms with Crippen molar-refractivity contribution in [3.63, 3.8) is 0 Å². The Morgan fingerprint density at radius 3 is 2.58 bits per heavy atom. The Labute approximate surface area is 210 Å². The molecule has 2 aromatic heterocycles. The van der Waals surface area contributed by atoms with Gasteiger partial charge in [-0.2, -0.15) is 5.10 Å². The van der Waals surface area contributed by atoms with Crippen molar-refractivity contribution in [2.24, 2.45) is 5.92 Å². The van der Waals surface area contributed by atoms with E-state index in [1.165, 1.54) is 6.92 Å². The smallest absolute Gasteiger partial charge is 0.227 e. The second-order valence-corrected chi connectivity index (χ2v) is 9.23. The van der Waals surface area contributed by atoms with Crippen molar-refractivity contribution in [2.75, 3.05) is 13.1 Å². The van der Waals surface area contributed by atoms with Crippen molar-refractivity contribution in [3.05, 3.63) is 54.8 Å². The van der Waals surface area contributed by atoms with Gasteiger partial charge in [0, 0.05) is 50.8 Å². The lowest BCUT2D eigenvalue weighted by Crippen LogP contribution is -2.55. The topological polar surface area (TPSA) is 110 Å². The molecule has 0 spiro atoms. The number of unbranched alkanes of at least 4 members (excludes halogenated alkanes) is 2. The van der Waals surface area contributed by atoms with Crippen LogP contribution in [0.1, 0.15) is 64.3 Å². The molecule has 1 aliphatic heterocycles. The maximum Gasteiger partial charge on any atom is 0.227 e. The van der Waals surface area contributed by atoms with Gasteiger partial charge in [0.25, 0.3) is 0 Å². The zero-order valence-electron chi connectivity index (χ0n) is 20.9. The highest BCUT2D eigenvalue weighted by Crippen LogP contribution is 2.27. The zero-order valence-corrected chi connectivity index (χ0v) is 20.9. The van der Waals surface area contributed by atoms with E-state index < -0.39 is 0 Å². The number of carbonyl (C=O) groups excluding carboxylic acids is 3. The number of ketones is 1. The molecule has 9 heteroatoms. The van der Waals surface area contributed by atoms with Crippen LogP contribution in [0.4, 0.5) is 0 Å². The predicted octanol–water partition coefficient (Wildman–Crippen LogP) is 4.09. The monoisotopic (exact) mass is 491 g/mol. The number of nitrogens with zero attached hydrogens (tertiary/aromatic N) is 4. The van der Waals surface area contributed by atoms with E-state index in [9.17, 15) is 14.4 Å². The number of rotatable bonds is 12. The third-order valence-electron chi connectivity index (χ3n) is 6.60. The number of carbonyl (C=O) groups is 3. The van der Waals surface area contributed by atoms with Gasteiger partial charge >= 0.3 is 0 Å². The van der Waals surface area contributed by atoms with Crippen molar-refractivity contribution < 1.29 is 18.8 Å². The number of benzene rings is 1. The minimum absolute atomic E-state index is 0.0202.